The first-order valence-electron chi connectivity index (χ1n) is 9.94. The third kappa shape index (κ3) is 5.03. The molecular weight excluding hydrogens is 378 g/mol. The molecule has 1 aromatic heterocycles. The number of rotatable bonds is 7. The number of aromatic nitrogens is 1. The molecular formula is C24H23N3O3. The average Bonchev–Trinajstić information content (AvgIpc) is 2.78. The van der Waals surface area contributed by atoms with Crippen LogP contribution in [0.25, 0.3) is 0 Å². The molecule has 2 unspecified atom stereocenters. The summed E-state index contributed by atoms with van der Waals surface area (Å²) in [5, 5.41) is 5.66. The van der Waals surface area contributed by atoms with E-state index in [9.17, 15) is 9.59 Å². The molecule has 0 saturated carbocycles. The van der Waals surface area contributed by atoms with E-state index in [1.54, 1.807) is 6.20 Å². The van der Waals surface area contributed by atoms with E-state index in [0.29, 0.717) is 30.9 Å². The Kier molecular flexibility index (Phi) is 6.03. The van der Waals surface area contributed by atoms with Gasteiger partial charge in [-0.05, 0) is 23.3 Å². The lowest BCUT2D eigenvalue weighted by Gasteiger charge is -2.29. The summed E-state index contributed by atoms with van der Waals surface area (Å²) in [6, 6.07) is 22.0. The van der Waals surface area contributed by atoms with Crippen molar-refractivity contribution in [1.82, 2.24) is 15.6 Å². The molecule has 152 valence electrons. The van der Waals surface area contributed by atoms with Crippen LogP contribution in [0.2, 0.25) is 0 Å². The molecule has 0 radical (unpaired) electrons. The van der Waals surface area contributed by atoms with Gasteiger partial charge in [-0.3, -0.25) is 14.6 Å². The zero-order valence-corrected chi connectivity index (χ0v) is 16.5. The number of hydrogen-bond acceptors (Lipinski definition) is 4. The van der Waals surface area contributed by atoms with Gasteiger partial charge in [0.25, 0.3) is 0 Å². The van der Waals surface area contributed by atoms with Crippen molar-refractivity contribution in [3.05, 3.63) is 95.8 Å². The SMILES string of the molecule is O=C1NC(Cc2ccc(OCc3ccccc3)cn2)C(=O)NC1Cc1ccccc1. The quantitative estimate of drug-likeness (QED) is 0.637. The van der Waals surface area contributed by atoms with Gasteiger partial charge in [0.05, 0.1) is 6.20 Å². The van der Waals surface area contributed by atoms with Crippen molar-refractivity contribution >= 4 is 11.8 Å². The van der Waals surface area contributed by atoms with E-state index in [1.807, 2.05) is 72.8 Å². The Morgan fingerprint density at radius 1 is 0.733 bits per heavy atom. The van der Waals surface area contributed by atoms with E-state index in [2.05, 4.69) is 15.6 Å². The molecule has 0 spiro atoms. The minimum absolute atomic E-state index is 0.175. The highest BCUT2D eigenvalue weighted by Crippen LogP contribution is 2.14. The van der Waals surface area contributed by atoms with Gasteiger partial charge in [0, 0.05) is 18.5 Å². The number of carbonyl (C=O) groups is 2. The summed E-state index contributed by atoms with van der Waals surface area (Å²) in [6.07, 6.45) is 2.43. The van der Waals surface area contributed by atoms with Gasteiger partial charge in [0.15, 0.2) is 0 Å². The zero-order chi connectivity index (χ0) is 20.8. The van der Waals surface area contributed by atoms with E-state index < -0.39 is 12.1 Å². The van der Waals surface area contributed by atoms with Crippen molar-refractivity contribution in [2.75, 3.05) is 0 Å². The van der Waals surface area contributed by atoms with Crippen molar-refractivity contribution in [2.24, 2.45) is 0 Å². The molecule has 0 bridgehead atoms. The van der Waals surface area contributed by atoms with Crippen LogP contribution in [-0.2, 0) is 29.0 Å². The number of carbonyl (C=O) groups excluding carboxylic acids is 2. The highest BCUT2D eigenvalue weighted by molar-refractivity contribution is 5.97. The van der Waals surface area contributed by atoms with Crippen LogP contribution in [0.5, 0.6) is 5.75 Å². The number of hydrogen-bond donors (Lipinski definition) is 2. The molecule has 1 aliphatic rings. The molecule has 2 N–H and O–H groups in total. The van der Waals surface area contributed by atoms with E-state index in [1.165, 1.54) is 0 Å². The van der Waals surface area contributed by atoms with Gasteiger partial charge in [0.1, 0.15) is 24.4 Å². The second kappa shape index (κ2) is 9.22. The highest BCUT2D eigenvalue weighted by atomic mass is 16.5. The molecule has 30 heavy (non-hydrogen) atoms. The van der Waals surface area contributed by atoms with Gasteiger partial charge in [-0.25, -0.2) is 0 Å². The molecule has 2 heterocycles. The predicted molar refractivity (Wildman–Crippen MR) is 113 cm³/mol. The predicted octanol–water partition coefficient (Wildman–Crippen LogP) is 2.43. The van der Waals surface area contributed by atoms with Crippen LogP contribution >= 0.6 is 0 Å². The fourth-order valence-corrected chi connectivity index (χ4v) is 3.38. The number of benzene rings is 2. The third-order valence-electron chi connectivity index (χ3n) is 5.01. The maximum Gasteiger partial charge on any atom is 0.243 e. The van der Waals surface area contributed by atoms with Crippen LogP contribution in [0, 0.1) is 0 Å². The first-order valence-corrected chi connectivity index (χ1v) is 9.94. The first-order chi connectivity index (χ1) is 14.7. The highest BCUT2D eigenvalue weighted by Gasteiger charge is 2.33. The van der Waals surface area contributed by atoms with Gasteiger partial charge < -0.3 is 15.4 Å². The summed E-state index contributed by atoms with van der Waals surface area (Å²) in [5.41, 5.74) is 2.79. The minimum atomic E-state index is -0.631. The fraction of sp³-hybridized carbons (Fsp3) is 0.208. The number of nitrogens with one attached hydrogen (secondary N) is 2. The van der Waals surface area contributed by atoms with Gasteiger partial charge in [-0.2, -0.15) is 0 Å². The van der Waals surface area contributed by atoms with Crippen LogP contribution in [0.4, 0.5) is 0 Å². The average molecular weight is 401 g/mol. The zero-order valence-electron chi connectivity index (χ0n) is 16.5. The maximum absolute atomic E-state index is 12.5. The second-order valence-electron chi connectivity index (χ2n) is 7.28. The van der Waals surface area contributed by atoms with Crippen molar-refractivity contribution < 1.29 is 14.3 Å². The summed E-state index contributed by atoms with van der Waals surface area (Å²) in [4.78, 5) is 29.3. The Bertz CT molecular complexity index is 991. The second-order valence-corrected chi connectivity index (χ2v) is 7.28. The summed E-state index contributed by atoms with van der Waals surface area (Å²) < 4.78 is 5.73. The van der Waals surface area contributed by atoms with E-state index in [0.717, 1.165) is 11.1 Å². The summed E-state index contributed by atoms with van der Waals surface area (Å²) in [5.74, 6) is 0.288. The molecule has 1 saturated heterocycles. The molecule has 1 aliphatic heterocycles. The molecule has 2 amide bonds. The topological polar surface area (TPSA) is 80.3 Å². The molecule has 0 aliphatic carbocycles. The van der Waals surface area contributed by atoms with Crippen molar-refractivity contribution in [3.63, 3.8) is 0 Å². The van der Waals surface area contributed by atoms with Gasteiger partial charge in [-0.15, -0.1) is 0 Å². The number of ether oxygens (including phenoxy) is 1. The fourth-order valence-electron chi connectivity index (χ4n) is 3.38. The number of nitrogens with zero attached hydrogens (tertiary/aromatic N) is 1. The van der Waals surface area contributed by atoms with E-state index >= 15 is 0 Å². The number of pyridine rings is 1. The molecule has 4 rings (SSSR count). The van der Waals surface area contributed by atoms with E-state index in [-0.39, 0.29) is 11.8 Å². The Morgan fingerprint density at radius 3 is 1.93 bits per heavy atom. The van der Waals surface area contributed by atoms with Crippen LogP contribution in [0.3, 0.4) is 0 Å². The summed E-state index contributed by atoms with van der Waals surface area (Å²) >= 11 is 0. The standard InChI is InChI=1S/C24H23N3O3/c28-23-21(13-17-7-3-1-4-8-17)26-24(29)22(27-23)14-19-11-12-20(15-25-19)30-16-18-9-5-2-6-10-18/h1-12,15,21-22H,13-14,16H2,(H,26,29)(H,27,28). The molecule has 6 heteroatoms. The molecule has 1 fully saturated rings. The normalized spacial score (nSPS) is 18.4. The third-order valence-corrected chi connectivity index (χ3v) is 5.01. The molecule has 6 nitrogen and oxygen atoms in total. The molecule has 3 aromatic rings. The summed E-state index contributed by atoms with van der Waals surface area (Å²) in [7, 11) is 0. The van der Waals surface area contributed by atoms with Crippen molar-refractivity contribution in [1.29, 1.82) is 0 Å². The van der Waals surface area contributed by atoms with Crippen LogP contribution in [-0.4, -0.2) is 28.9 Å². The Labute approximate surface area is 175 Å². The van der Waals surface area contributed by atoms with E-state index in [4.69, 9.17) is 4.74 Å². The number of amides is 2. The lowest BCUT2D eigenvalue weighted by molar-refractivity contribution is -0.136. The lowest BCUT2D eigenvalue weighted by atomic mass is 10.00. The smallest absolute Gasteiger partial charge is 0.243 e. The van der Waals surface area contributed by atoms with Gasteiger partial charge >= 0.3 is 0 Å². The Hall–Kier alpha value is -3.67. The molecule has 2 aromatic carbocycles. The van der Waals surface area contributed by atoms with Gasteiger partial charge in [-0.1, -0.05) is 60.7 Å². The Balaban J connectivity index is 1.31. The lowest BCUT2D eigenvalue weighted by Crippen LogP contribution is -2.62. The van der Waals surface area contributed by atoms with Crippen molar-refractivity contribution in [2.45, 2.75) is 31.5 Å². The van der Waals surface area contributed by atoms with Crippen molar-refractivity contribution in [3.8, 4) is 5.75 Å². The van der Waals surface area contributed by atoms with Gasteiger partial charge in [0.2, 0.25) is 11.8 Å². The Morgan fingerprint density at radius 2 is 1.33 bits per heavy atom. The number of piperazine rings is 1. The maximum atomic E-state index is 12.5. The molecule has 2 atom stereocenters. The first kappa shape index (κ1) is 19.6. The summed E-state index contributed by atoms with van der Waals surface area (Å²) in [6.45, 7) is 0.464. The monoisotopic (exact) mass is 401 g/mol. The largest absolute Gasteiger partial charge is 0.487 e. The van der Waals surface area contributed by atoms with Crippen LogP contribution in [0.1, 0.15) is 16.8 Å². The minimum Gasteiger partial charge on any atom is -0.487 e. The van der Waals surface area contributed by atoms with Crippen LogP contribution < -0.4 is 15.4 Å². The van der Waals surface area contributed by atoms with Crippen LogP contribution in [0.15, 0.2) is 79.0 Å².